The predicted molar refractivity (Wildman–Crippen MR) is 126 cm³/mol. The number of carbonyl (C=O) groups excluding carboxylic acids is 1. The third kappa shape index (κ3) is 6.02. The van der Waals surface area contributed by atoms with Gasteiger partial charge in [0.05, 0.1) is 23.5 Å². The minimum atomic E-state index is -3.36. The van der Waals surface area contributed by atoms with E-state index in [1.165, 1.54) is 11.9 Å². The zero-order chi connectivity index (χ0) is 24.2. The number of halogens is 1. The average molecular weight is 493 g/mol. The summed E-state index contributed by atoms with van der Waals surface area (Å²) < 4.78 is 35.6. The highest BCUT2D eigenvalue weighted by atomic mass is 35.5. The number of benzene rings is 2. The first-order chi connectivity index (χ1) is 15.6. The molecule has 1 aromatic heterocycles. The molecular weight excluding hydrogens is 468 g/mol. The number of hydrogen-bond donors (Lipinski definition) is 0. The van der Waals surface area contributed by atoms with E-state index in [2.05, 4.69) is 10.1 Å². The van der Waals surface area contributed by atoms with Crippen LogP contribution in [0, 0.1) is 0 Å². The van der Waals surface area contributed by atoms with Crippen LogP contribution in [0.2, 0.25) is 5.02 Å². The highest BCUT2D eigenvalue weighted by Gasteiger charge is 2.24. The van der Waals surface area contributed by atoms with E-state index in [0.29, 0.717) is 34.3 Å². The largest absolute Gasteiger partial charge is 0.481 e. The number of likely N-dealkylation sites (N-methyl/N-ethyl adjacent to an activating group) is 1. The van der Waals surface area contributed by atoms with Crippen LogP contribution in [0.3, 0.4) is 0 Å². The molecule has 11 heteroatoms. The molecular formula is C22H25ClN4O5S. The van der Waals surface area contributed by atoms with Crippen molar-refractivity contribution < 1.29 is 22.5 Å². The van der Waals surface area contributed by atoms with Crippen molar-refractivity contribution in [3.63, 3.8) is 0 Å². The molecule has 1 amide bonds. The van der Waals surface area contributed by atoms with E-state index in [-0.39, 0.29) is 18.3 Å². The number of nitrogens with zero attached hydrogens (tertiary/aromatic N) is 4. The molecule has 0 radical (unpaired) electrons. The summed E-state index contributed by atoms with van der Waals surface area (Å²) in [6.45, 7) is 1.94. The van der Waals surface area contributed by atoms with Gasteiger partial charge in [-0.2, -0.15) is 4.98 Å². The molecule has 0 spiro atoms. The zero-order valence-corrected chi connectivity index (χ0v) is 20.3. The molecule has 0 saturated carbocycles. The van der Waals surface area contributed by atoms with E-state index in [9.17, 15) is 13.2 Å². The van der Waals surface area contributed by atoms with Gasteiger partial charge in [0.1, 0.15) is 5.75 Å². The van der Waals surface area contributed by atoms with Crippen molar-refractivity contribution in [2.24, 2.45) is 0 Å². The number of rotatable bonds is 9. The van der Waals surface area contributed by atoms with Gasteiger partial charge in [-0.3, -0.25) is 9.10 Å². The van der Waals surface area contributed by atoms with Crippen molar-refractivity contribution in [1.82, 2.24) is 15.0 Å². The summed E-state index contributed by atoms with van der Waals surface area (Å²) in [7, 11) is -0.277. The number of carbonyl (C=O) groups is 1. The number of sulfonamides is 1. The van der Waals surface area contributed by atoms with Gasteiger partial charge in [-0.15, -0.1) is 0 Å². The van der Waals surface area contributed by atoms with Crippen LogP contribution in [-0.2, 0) is 21.4 Å². The lowest BCUT2D eigenvalue weighted by Crippen LogP contribution is -2.39. The maximum Gasteiger partial charge on any atom is 0.263 e. The first-order valence-corrected chi connectivity index (χ1v) is 12.4. The predicted octanol–water partition coefficient (Wildman–Crippen LogP) is 3.60. The maximum atomic E-state index is 12.9. The Labute approximate surface area is 198 Å². The van der Waals surface area contributed by atoms with Crippen LogP contribution >= 0.6 is 11.6 Å². The Morgan fingerprint density at radius 1 is 1.15 bits per heavy atom. The summed E-state index contributed by atoms with van der Waals surface area (Å²) in [6, 6.07) is 13.6. The van der Waals surface area contributed by atoms with Crippen LogP contribution in [0.25, 0.3) is 11.4 Å². The molecule has 0 saturated heterocycles. The Balaban J connectivity index is 1.65. The summed E-state index contributed by atoms with van der Waals surface area (Å²) in [4.78, 5) is 18.7. The summed E-state index contributed by atoms with van der Waals surface area (Å²) >= 11 is 6.18. The molecule has 0 N–H and O–H groups in total. The molecule has 9 nitrogen and oxygen atoms in total. The monoisotopic (exact) mass is 492 g/mol. The summed E-state index contributed by atoms with van der Waals surface area (Å²) in [6.07, 6.45) is 0.822. The van der Waals surface area contributed by atoms with E-state index in [4.69, 9.17) is 20.9 Å². The van der Waals surface area contributed by atoms with Crippen molar-refractivity contribution in [2.45, 2.75) is 26.0 Å². The molecule has 0 aliphatic rings. The molecule has 0 fully saturated rings. The Hall–Kier alpha value is -3.11. The fourth-order valence-electron chi connectivity index (χ4n) is 3.00. The Kier molecular flexibility index (Phi) is 7.60. The fraction of sp³-hybridized carbons (Fsp3) is 0.318. The molecule has 1 heterocycles. The number of anilines is 1. The van der Waals surface area contributed by atoms with Crippen molar-refractivity contribution >= 4 is 33.2 Å². The van der Waals surface area contributed by atoms with Gasteiger partial charge in [0.2, 0.25) is 21.7 Å². The lowest BCUT2D eigenvalue weighted by Gasteiger charge is -2.23. The van der Waals surface area contributed by atoms with Crippen LogP contribution in [0.15, 0.2) is 53.1 Å². The minimum absolute atomic E-state index is 0.105. The molecule has 1 atom stereocenters. The summed E-state index contributed by atoms with van der Waals surface area (Å²) in [5, 5.41) is 4.45. The quantitative estimate of drug-likeness (QED) is 0.449. The molecule has 0 aliphatic heterocycles. The normalized spacial score (nSPS) is 12.3. The molecule has 3 rings (SSSR count). The maximum absolute atomic E-state index is 12.9. The third-order valence-electron chi connectivity index (χ3n) is 4.95. The first kappa shape index (κ1) is 24.5. The Bertz CT molecular complexity index is 1210. The first-order valence-electron chi connectivity index (χ1n) is 10.1. The van der Waals surface area contributed by atoms with Crippen molar-refractivity contribution in [3.8, 4) is 17.1 Å². The van der Waals surface area contributed by atoms with E-state index in [1.807, 2.05) is 19.1 Å². The van der Waals surface area contributed by atoms with E-state index in [0.717, 1.165) is 10.6 Å². The zero-order valence-electron chi connectivity index (χ0n) is 18.7. The number of amides is 1. The number of ether oxygens (including phenoxy) is 1. The van der Waals surface area contributed by atoms with E-state index in [1.54, 1.807) is 43.4 Å². The van der Waals surface area contributed by atoms with Gasteiger partial charge in [0, 0.05) is 19.7 Å². The smallest absolute Gasteiger partial charge is 0.263 e. The highest BCUT2D eigenvalue weighted by molar-refractivity contribution is 7.92. The molecule has 2 aromatic carbocycles. The molecule has 3 aromatic rings. The van der Waals surface area contributed by atoms with Crippen molar-refractivity contribution in [2.75, 3.05) is 24.7 Å². The van der Waals surface area contributed by atoms with Gasteiger partial charge in [0.15, 0.2) is 6.10 Å². The SMILES string of the molecule is CCC(Oc1ccc(N(C)S(C)(=O)=O)cc1)C(=O)N(C)Cc1nc(-c2ccccc2Cl)no1. The average Bonchev–Trinajstić information content (AvgIpc) is 3.24. The Morgan fingerprint density at radius 3 is 2.42 bits per heavy atom. The third-order valence-corrected chi connectivity index (χ3v) is 6.49. The molecule has 176 valence electrons. The van der Waals surface area contributed by atoms with Gasteiger partial charge >= 0.3 is 0 Å². The van der Waals surface area contributed by atoms with Crippen molar-refractivity contribution in [3.05, 3.63) is 59.4 Å². The van der Waals surface area contributed by atoms with E-state index >= 15 is 0 Å². The standard InChI is InChI=1S/C22H25ClN4O5S/c1-5-19(31-16-12-10-15(11-13-16)27(3)33(4,29)30)22(28)26(2)14-20-24-21(25-32-20)17-8-6-7-9-18(17)23/h6-13,19H,5,14H2,1-4H3. The molecule has 1 unspecified atom stereocenters. The fourth-order valence-corrected chi connectivity index (χ4v) is 3.72. The summed E-state index contributed by atoms with van der Waals surface area (Å²) in [5.41, 5.74) is 1.13. The van der Waals surface area contributed by atoms with Crippen LogP contribution in [0.1, 0.15) is 19.2 Å². The second-order valence-electron chi connectivity index (χ2n) is 7.42. The van der Waals surface area contributed by atoms with Crippen molar-refractivity contribution in [1.29, 1.82) is 0 Å². The summed E-state index contributed by atoms with van der Waals surface area (Å²) in [5.74, 6) is 0.808. The number of hydrogen-bond acceptors (Lipinski definition) is 7. The van der Waals surface area contributed by atoms with Crippen LogP contribution < -0.4 is 9.04 Å². The highest BCUT2D eigenvalue weighted by Crippen LogP contribution is 2.25. The van der Waals surface area contributed by atoms with Gasteiger partial charge in [-0.05, 0) is 42.8 Å². The topological polar surface area (TPSA) is 106 Å². The lowest BCUT2D eigenvalue weighted by atomic mass is 10.2. The van der Waals surface area contributed by atoms with Gasteiger partial charge in [-0.25, -0.2) is 8.42 Å². The lowest BCUT2D eigenvalue weighted by molar-refractivity contribution is -0.138. The number of aromatic nitrogens is 2. The van der Waals surface area contributed by atoms with Crippen LogP contribution in [0.4, 0.5) is 5.69 Å². The minimum Gasteiger partial charge on any atom is -0.481 e. The van der Waals surface area contributed by atoms with Gasteiger partial charge in [0.25, 0.3) is 5.91 Å². The second-order valence-corrected chi connectivity index (χ2v) is 9.85. The van der Waals surface area contributed by atoms with Crippen LogP contribution in [0.5, 0.6) is 5.75 Å². The van der Waals surface area contributed by atoms with Crippen LogP contribution in [-0.4, -0.2) is 55.8 Å². The van der Waals surface area contributed by atoms with E-state index < -0.39 is 16.1 Å². The molecule has 0 aliphatic carbocycles. The Morgan fingerprint density at radius 2 is 1.82 bits per heavy atom. The van der Waals surface area contributed by atoms with Gasteiger partial charge in [-0.1, -0.05) is 35.8 Å². The molecule has 33 heavy (non-hydrogen) atoms. The van der Waals surface area contributed by atoms with Gasteiger partial charge < -0.3 is 14.2 Å². The second kappa shape index (κ2) is 10.2. The molecule has 0 bridgehead atoms.